The Bertz CT molecular complexity index is 1060. The van der Waals surface area contributed by atoms with E-state index in [1.165, 1.54) is 23.5 Å². The van der Waals surface area contributed by atoms with Crippen LogP contribution in [-0.2, 0) is 6.54 Å². The molecule has 0 saturated heterocycles. The van der Waals surface area contributed by atoms with Crippen molar-refractivity contribution in [2.45, 2.75) is 6.54 Å². The number of aromatic nitrogens is 1. The van der Waals surface area contributed by atoms with Gasteiger partial charge in [0.05, 0.1) is 4.88 Å². The highest BCUT2D eigenvalue weighted by atomic mass is 32.1. The fourth-order valence-corrected chi connectivity index (χ4v) is 3.57. The van der Waals surface area contributed by atoms with Gasteiger partial charge in [-0.05, 0) is 35.2 Å². The fourth-order valence-electron chi connectivity index (χ4n) is 2.59. The number of hydrogen-bond donors (Lipinski definition) is 1. The number of hydrogen-bond acceptors (Lipinski definition) is 4. The first-order chi connectivity index (χ1) is 13.2. The predicted molar refractivity (Wildman–Crippen MR) is 104 cm³/mol. The number of benzene rings is 2. The van der Waals surface area contributed by atoms with Crippen molar-refractivity contribution in [3.8, 4) is 11.6 Å². The second-order valence-corrected chi connectivity index (χ2v) is 6.98. The van der Waals surface area contributed by atoms with E-state index in [0.717, 1.165) is 15.6 Å². The van der Waals surface area contributed by atoms with Gasteiger partial charge < -0.3 is 10.1 Å². The quantitative estimate of drug-likeness (QED) is 0.522. The Morgan fingerprint density at radius 1 is 1.07 bits per heavy atom. The van der Waals surface area contributed by atoms with E-state index in [2.05, 4.69) is 10.3 Å². The van der Waals surface area contributed by atoms with Gasteiger partial charge in [0.15, 0.2) is 0 Å². The van der Waals surface area contributed by atoms with Gasteiger partial charge in [-0.25, -0.2) is 9.37 Å². The van der Waals surface area contributed by atoms with Crippen LogP contribution in [-0.4, -0.2) is 10.9 Å². The molecule has 0 fully saturated rings. The Balaban J connectivity index is 1.37. The first-order valence-electron chi connectivity index (χ1n) is 8.32. The number of carbonyl (C=O) groups is 1. The van der Waals surface area contributed by atoms with E-state index in [1.807, 2.05) is 36.4 Å². The number of nitrogens with one attached hydrogen (secondary N) is 1. The molecule has 2 heterocycles. The zero-order chi connectivity index (χ0) is 18.6. The Hall–Kier alpha value is -3.25. The van der Waals surface area contributed by atoms with Gasteiger partial charge >= 0.3 is 0 Å². The van der Waals surface area contributed by atoms with Crippen molar-refractivity contribution in [3.05, 3.63) is 89.2 Å². The van der Waals surface area contributed by atoms with Crippen LogP contribution in [0.25, 0.3) is 10.1 Å². The molecule has 0 aliphatic rings. The molecule has 0 spiro atoms. The number of rotatable bonds is 5. The second kappa shape index (κ2) is 7.55. The Kier molecular flexibility index (Phi) is 4.80. The number of pyridine rings is 1. The highest BCUT2D eigenvalue weighted by Crippen LogP contribution is 2.25. The van der Waals surface area contributed by atoms with Gasteiger partial charge in [-0.2, -0.15) is 0 Å². The minimum absolute atomic E-state index is 0.115. The Labute approximate surface area is 159 Å². The molecular formula is C21H15FN2O2S. The van der Waals surface area contributed by atoms with Crippen molar-refractivity contribution in [2.24, 2.45) is 0 Å². The molecule has 0 bridgehead atoms. The lowest BCUT2D eigenvalue weighted by atomic mass is 10.2. The van der Waals surface area contributed by atoms with Crippen LogP contribution in [0.15, 0.2) is 72.9 Å². The minimum Gasteiger partial charge on any atom is -0.439 e. The Morgan fingerprint density at radius 2 is 1.96 bits per heavy atom. The number of ether oxygens (including phenoxy) is 1. The molecule has 2 aromatic carbocycles. The maximum Gasteiger partial charge on any atom is 0.261 e. The van der Waals surface area contributed by atoms with Crippen LogP contribution >= 0.6 is 11.3 Å². The smallest absolute Gasteiger partial charge is 0.261 e. The van der Waals surface area contributed by atoms with Crippen LogP contribution in [0.5, 0.6) is 11.6 Å². The summed E-state index contributed by atoms with van der Waals surface area (Å²) in [6.45, 7) is 0.361. The summed E-state index contributed by atoms with van der Waals surface area (Å²) >= 11 is 1.47. The van der Waals surface area contributed by atoms with E-state index in [0.29, 0.717) is 23.1 Å². The fraction of sp³-hybridized carbons (Fsp3) is 0.0476. The summed E-state index contributed by atoms with van der Waals surface area (Å²) in [4.78, 5) is 17.2. The zero-order valence-electron chi connectivity index (χ0n) is 14.2. The number of halogens is 1. The van der Waals surface area contributed by atoms with Crippen LogP contribution in [0.3, 0.4) is 0 Å². The van der Waals surface area contributed by atoms with Crippen molar-refractivity contribution in [3.63, 3.8) is 0 Å². The average Bonchev–Trinajstić information content (AvgIpc) is 3.12. The summed E-state index contributed by atoms with van der Waals surface area (Å²) in [7, 11) is 0. The van der Waals surface area contributed by atoms with Gasteiger partial charge in [-0.1, -0.05) is 30.3 Å². The molecule has 0 aliphatic carbocycles. The van der Waals surface area contributed by atoms with Crippen LogP contribution in [0.4, 0.5) is 4.39 Å². The van der Waals surface area contributed by atoms with E-state index in [9.17, 15) is 9.18 Å². The van der Waals surface area contributed by atoms with E-state index in [4.69, 9.17) is 4.74 Å². The normalized spacial score (nSPS) is 10.7. The van der Waals surface area contributed by atoms with Gasteiger partial charge in [-0.3, -0.25) is 4.79 Å². The number of nitrogens with zero attached hydrogens (tertiary/aromatic N) is 1. The summed E-state index contributed by atoms with van der Waals surface area (Å²) in [5.41, 5.74) is 0.844. The van der Waals surface area contributed by atoms with E-state index in [1.54, 1.807) is 24.4 Å². The minimum atomic E-state index is -0.368. The summed E-state index contributed by atoms with van der Waals surface area (Å²) in [5.74, 6) is 0.262. The van der Waals surface area contributed by atoms with E-state index in [-0.39, 0.29) is 11.7 Å². The molecule has 0 saturated carbocycles. The molecule has 134 valence electrons. The van der Waals surface area contributed by atoms with Crippen LogP contribution in [0.2, 0.25) is 0 Å². The molecule has 0 unspecified atom stereocenters. The molecule has 0 aliphatic heterocycles. The van der Waals surface area contributed by atoms with Crippen molar-refractivity contribution < 1.29 is 13.9 Å². The maximum absolute atomic E-state index is 13.2. The van der Waals surface area contributed by atoms with E-state index < -0.39 is 0 Å². The third-order valence-electron chi connectivity index (χ3n) is 3.92. The maximum atomic E-state index is 13.2. The summed E-state index contributed by atoms with van der Waals surface area (Å²) in [5, 5.41) is 3.96. The molecule has 1 amide bonds. The lowest BCUT2D eigenvalue weighted by Crippen LogP contribution is -2.21. The summed E-state index contributed by atoms with van der Waals surface area (Å²) < 4.78 is 19.8. The standard InChI is InChI=1S/C21H15FN2O2S/c22-16-5-3-6-17(11-16)26-20-9-8-14(12-23-20)13-24-21(25)19-10-15-4-1-2-7-18(15)27-19/h1-12H,13H2,(H,24,25). The lowest BCUT2D eigenvalue weighted by Gasteiger charge is -2.06. The molecule has 27 heavy (non-hydrogen) atoms. The number of thiophene rings is 1. The SMILES string of the molecule is O=C(NCc1ccc(Oc2cccc(F)c2)nc1)c1cc2ccccc2s1. The van der Waals surface area contributed by atoms with Gasteiger partial charge in [0, 0.05) is 29.6 Å². The topological polar surface area (TPSA) is 51.2 Å². The average molecular weight is 378 g/mol. The van der Waals surface area contributed by atoms with Crippen LogP contribution < -0.4 is 10.1 Å². The first kappa shape index (κ1) is 17.2. The molecule has 6 heteroatoms. The zero-order valence-corrected chi connectivity index (χ0v) is 15.0. The van der Waals surface area contributed by atoms with Crippen molar-refractivity contribution in [1.29, 1.82) is 0 Å². The second-order valence-electron chi connectivity index (χ2n) is 5.90. The molecule has 2 aromatic heterocycles. The largest absolute Gasteiger partial charge is 0.439 e. The summed E-state index contributed by atoms with van der Waals surface area (Å²) in [6.07, 6.45) is 1.62. The van der Waals surface area contributed by atoms with Gasteiger partial charge in [0.2, 0.25) is 5.88 Å². The number of carbonyl (C=O) groups excluding carboxylic acids is 1. The highest BCUT2D eigenvalue weighted by molar-refractivity contribution is 7.20. The molecule has 4 rings (SSSR count). The van der Waals surface area contributed by atoms with Gasteiger partial charge in [0.25, 0.3) is 5.91 Å². The third kappa shape index (κ3) is 4.12. The van der Waals surface area contributed by atoms with Crippen LogP contribution in [0.1, 0.15) is 15.2 Å². The molecule has 0 radical (unpaired) electrons. The molecule has 4 nitrogen and oxygen atoms in total. The third-order valence-corrected chi connectivity index (χ3v) is 5.03. The first-order valence-corrected chi connectivity index (χ1v) is 9.14. The highest BCUT2D eigenvalue weighted by Gasteiger charge is 2.10. The van der Waals surface area contributed by atoms with Crippen molar-refractivity contribution >= 4 is 27.3 Å². The van der Waals surface area contributed by atoms with Crippen molar-refractivity contribution in [2.75, 3.05) is 0 Å². The van der Waals surface area contributed by atoms with E-state index >= 15 is 0 Å². The molecule has 1 N–H and O–H groups in total. The van der Waals surface area contributed by atoms with Gasteiger partial charge in [0.1, 0.15) is 11.6 Å². The summed E-state index contributed by atoms with van der Waals surface area (Å²) in [6, 6.07) is 19.2. The lowest BCUT2D eigenvalue weighted by molar-refractivity contribution is 0.0955. The number of amides is 1. The van der Waals surface area contributed by atoms with Gasteiger partial charge in [-0.15, -0.1) is 11.3 Å². The van der Waals surface area contributed by atoms with Crippen molar-refractivity contribution in [1.82, 2.24) is 10.3 Å². The Morgan fingerprint density at radius 3 is 2.74 bits per heavy atom. The van der Waals surface area contributed by atoms with Crippen LogP contribution in [0, 0.1) is 5.82 Å². The monoisotopic (exact) mass is 378 g/mol. The number of fused-ring (bicyclic) bond motifs is 1. The molecule has 4 aromatic rings. The molecule has 0 atom stereocenters. The molecular weight excluding hydrogens is 363 g/mol. The predicted octanol–water partition coefficient (Wildman–Crippen LogP) is 5.16.